The zero-order valence-corrected chi connectivity index (χ0v) is 12.9. The first-order chi connectivity index (χ1) is 9.65. The molecule has 1 heterocycles. The Labute approximate surface area is 126 Å². The fraction of sp³-hybridized carbons (Fsp3) is 0.412. The van der Waals surface area contributed by atoms with E-state index in [0.717, 1.165) is 24.5 Å². The minimum absolute atomic E-state index is 0.434. The van der Waals surface area contributed by atoms with Gasteiger partial charge in [-0.3, -0.25) is 0 Å². The van der Waals surface area contributed by atoms with Crippen molar-refractivity contribution >= 4 is 11.6 Å². The van der Waals surface area contributed by atoms with Crippen LogP contribution in [0.1, 0.15) is 30.9 Å². The van der Waals surface area contributed by atoms with Gasteiger partial charge in [-0.2, -0.15) is 0 Å². The zero-order chi connectivity index (χ0) is 14.4. The zero-order valence-electron chi connectivity index (χ0n) is 12.1. The fourth-order valence-electron chi connectivity index (χ4n) is 2.28. The van der Waals surface area contributed by atoms with Gasteiger partial charge in [0.25, 0.3) is 0 Å². The molecule has 0 spiro atoms. The molecule has 108 valence electrons. The van der Waals surface area contributed by atoms with Crippen molar-refractivity contribution < 1.29 is 4.42 Å². The predicted molar refractivity (Wildman–Crippen MR) is 84.3 cm³/mol. The molecule has 1 aromatic carbocycles. The van der Waals surface area contributed by atoms with Crippen LogP contribution in [0.15, 0.2) is 47.3 Å². The Morgan fingerprint density at radius 2 is 1.85 bits per heavy atom. The minimum Gasteiger partial charge on any atom is -0.472 e. The van der Waals surface area contributed by atoms with Crippen molar-refractivity contribution in [3.63, 3.8) is 0 Å². The van der Waals surface area contributed by atoms with Crippen molar-refractivity contribution in [3.8, 4) is 0 Å². The normalized spacial score (nSPS) is 12.8. The molecule has 2 aromatic rings. The van der Waals surface area contributed by atoms with Crippen LogP contribution in [-0.2, 0) is 6.42 Å². The van der Waals surface area contributed by atoms with E-state index in [1.54, 1.807) is 6.26 Å². The Bertz CT molecular complexity index is 490. The van der Waals surface area contributed by atoms with Crippen molar-refractivity contribution in [2.24, 2.45) is 5.92 Å². The summed E-state index contributed by atoms with van der Waals surface area (Å²) in [6, 6.07) is 10.2. The van der Waals surface area contributed by atoms with E-state index in [2.05, 4.69) is 31.3 Å². The molecule has 1 atom stereocenters. The van der Waals surface area contributed by atoms with Gasteiger partial charge in [-0.15, -0.1) is 0 Å². The number of halogens is 1. The van der Waals surface area contributed by atoms with Crippen LogP contribution in [0.2, 0.25) is 5.02 Å². The van der Waals surface area contributed by atoms with Gasteiger partial charge < -0.3 is 9.73 Å². The topological polar surface area (TPSA) is 25.2 Å². The maximum atomic E-state index is 5.97. The lowest BCUT2D eigenvalue weighted by atomic mass is 9.93. The maximum absolute atomic E-state index is 5.97. The maximum Gasteiger partial charge on any atom is 0.0934 e. The molecular weight excluding hydrogens is 270 g/mol. The van der Waals surface area contributed by atoms with Crippen LogP contribution in [0.4, 0.5) is 0 Å². The summed E-state index contributed by atoms with van der Waals surface area (Å²) in [5.41, 5.74) is 2.54. The second-order valence-corrected chi connectivity index (χ2v) is 6.07. The first-order valence-corrected chi connectivity index (χ1v) is 7.50. The van der Waals surface area contributed by atoms with Crippen LogP contribution >= 0.6 is 11.6 Å². The van der Waals surface area contributed by atoms with Gasteiger partial charge in [-0.05, 0) is 48.2 Å². The van der Waals surface area contributed by atoms with Gasteiger partial charge >= 0.3 is 0 Å². The third kappa shape index (κ3) is 4.69. The molecule has 1 unspecified atom stereocenters. The largest absolute Gasteiger partial charge is 0.472 e. The molecule has 0 amide bonds. The molecule has 20 heavy (non-hydrogen) atoms. The highest BCUT2D eigenvalue weighted by Gasteiger charge is 2.13. The van der Waals surface area contributed by atoms with E-state index in [1.807, 2.05) is 24.5 Å². The average Bonchev–Trinajstić information content (AvgIpc) is 2.91. The quantitative estimate of drug-likeness (QED) is 0.812. The van der Waals surface area contributed by atoms with Crippen LogP contribution in [-0.4, -0.2) is 13.1 Å². The highest BCUT2D eigenvalue weighted by atomic mass is 35.5. The minimum atomic E-state index is 0.434. The van der Waals surface area contributed by atoms with Gasteiger partial charge in [-0.25, -0.2) is 0 Å². The second-order valence-electron chi connectivity index (χ2n) is 5.64. The standard InChI is InChI=1S/C17H22ClNO/c1-13(2)10-19-11-16(9-14-7-8-20-12-14)15-3-5-17(18)6-4-15/h3-8,12-13,16,19H,9-11H2,1-2H3. The van der Waals surface area contributed by atoms with E-state index in [0.29, 0.717) is 11.8 Å². The predicted octanol–water partition coefficient (Wildman–Crippen LogP) is 4.50. The molecule has 2 nitrogen and oxygen atoms in total. The number of benzene rings is 1. The third-order valence-corrected chi connectivity index (χ3v) is 3.60. The van der Waals surface area contributed by atoms with E-state index in [-0.39, 0.29) is 0 Å². The van der Waals surface area contributed by atoms with Gasteiger partial charge in [0.1, 0.15) is 0 Å². The summed E-state index contributed by atoms with van der Waals surface area (Å²) in [6.07, 6.45) is 4.53. The Kier molecular flexibility index (Phi) is 5.69. The number of nitrogens with one attached hydrogen (secondary N) is 1. The van der Waals surface area contributed by atoms with Crippen molar-refractivity contribution in [1.82, 2.24) is 5.32 Å². The summed E-state index contributed by atoms with van der Waals surface area (Å²) < 4.78 is 5.17. The fourth-order valence-corrected chi connectivity index (χ4v) is 2.41. The average molecular weight is 292 g/mol. The molecule has 1 N–H and O–H groups in total. The highest BCUT2D eigenvalue weighted by Crippen LogP contribution is 2.22. The summed E-state index contributed by atoms with van der Waals surface area (Å²) in [6.45, 7) is 6.45. The third-order valence-electron chi connectivity index (χ3n) is 3.35. The Morgan fingerprint density at radius 1 is 1.10 bits per heavy atom. The molecule has 1 aromatic heterocycles. The van der Waals surface area contributed by atoms with Crippen LogP contribution in [0.3, 0.4) is 0 Å². The van der Waals surface area contributed by atoms with Crippen molar-refractivity contribution in [2.45, 2.75) is 26.2 Å². The smallest absolute Gasteiger partial charge is 0.0934 e. The molecule has 0 aliphatic heterocycles. The van der Waals surface area contributed by atoms with Crippen LogP contribution in [0.25, 0.3) is 0 Å². The number of hydrogen-bond acceptors (Lipinski definition) is 2. The molecule has 0 aliphatic carbocycles. The molecule has 0 radical (unpaired) electrons. The molecule has 0 bridgehead atoms. The highest BCUT2D eigenvalue weighted by molar-refractivity contribution is 6.30. The van der Waals surface area contributed by atoms with Crippen molar-refractivity contribution in [2.75, 3.05) is 13.1 Å². The van der Waals surface area contributed by atoms with Gasteiger partial charge in [0.05, 0.1) is 12.5 Å². The van der Waals surface area contributed by atoms with E-state index in [4.69, 9.17) is 16.0 Å². The first-order valence-electron chi connectivity index (χ1n) is 7.12. The molecule has 2 rings (SSSR count). The number of rotatable bonds is 7. The molecule has 0 saturated heterocycles. The SMILES string of the molecule is CC(C)CNCC(Cc1ccoc1)c1ccc(Cl)cc1. The molecule has 3 heteroatoms. The molecule has 0 saturated carbocycles. The lowest BCUT2D eigenvalue weighted by molar-refractivity contribution is 0.511. The number of hydrogen-bond donors (Lipinski definition) is 1. The lowest BCUT2D eigenvalue weighted by Crippen LogP contribution is -2.26. The first kappa shape index (κ1) is 15.1. The van der Waals surface area contributed by atoms with Crippen LogP contribution in [0, 0.1) is 5.92 Å². The Morgan fingerprint density at radius 3 is 2.45 bits per heavy atom. The lowest BCUT2D eigenvalue weighted by Gasteiger charge is -2.18. The summed E-state index contributed by atoms with van der Waals surface area (Å²) in [5.74, 6) is 1.10. The Balaban J connectivity index is 2.04. The molecule has 0 fully saturated rings. The van der Waals surface area contributed by atoms with Gasteiger partial charge in [0.2, 0.25) is 0 Å². The molecular formula is C17H22ClNO. The summed E-state index contributed by atoms with van der Waals surface area (Å²) >= 11 is 5.97. The van der Waals surface area contributed by atoms with Crippen LogP contribution < -0.4 is 5.32 Å². The Hall–Kier alpha value is -1.25. The van der Waals surface area contributed by atoms with E-state index < -0.39 is 0 Å². The van der Waals surface area contributed by atoms with E-state index >= 15 is 0 Å². The van der Waals surface area contributed by atoms with E-state index in [1.165, 1.54) is 11.1 Å². The second kappa shape index (κ2) is 7.51. The summed E-state index contributed by atoms with van der Waals surface area (Å²) in [4.78, 5) is 0. The van der Waals surface area contributed by atoms with Crippen LogP contribution in [0.5, 0.6) is 0 Å². The van der Waals surface area contributed by atoms with Crippen molar-refractivity contribution in [1.29, 1.82) is 0 Å². The number of furan rings is 1. The summed E-state index contributed by atoms with van der Waals surface area (Å²) in [7, 11) is 0. The summed E-state index contributed by atoms with van der Waals surface area (Å²) in [5, 5.41) is 4.33. The van der Waals surface area contributed by atoms with Crippen molar-refractivity contribution in [3.05, 3.63) is 59.0 Å². The van der Waals surface area contributed by atoms with E-state index in [9.17, 15) is 0 Å². The monoisotopic (exact) mass is 291 g/mol. The molecule has 0 aliphatic rings. The van der Waals surface area contributed by atoms with Gasteiger partial charge in [-0.1, -0.05) is 37.6 Å². The van der Waals surface area contributed by atoms with Gasteiger partial charge in [0.15, 0.2) is 0 Å². The van der Waals surface area contributed by atoms with Gasteiger partial charge in [0, 0.05) is 17.5 Å².